The number of para-hydroxylation sites is 1. The molecule has 6 nitrogen and oxygen atoms in total. The molecule has 0 aliphatic heterocycles. The molecule has 0 bridgehead atoms. The average Bonchev–Trinajstić information content (AvgIpc) is 3.19. The molecule has 0 saturated carbocycles. The Kier molecular flexibility index (Phi) is 6.19. The molecule has 3 aromatic rings. The lowest BCUT2D eigenvalue weighted by Crippen LogP contribution is -2.22. The fourth-order valence-electron chi connectivity index (χ4n) is 2.80. The number of aromatic nitrogens is 1. The van der Waals surface area contributed by atoms with Gasteiger partial charge in [-0.3, -0.25) is 0 Å². The van der Waals surface area contributed by atoms with Gasteiger partial charge in [-0.15, -0.1) is 0 Å². The van der Waals surface area contributed by atoms with Crippen LogP contribution in [-0.4, -0.2) is 30.6 Å². The van der Waals surface area contributed by atoms with Gasteiger partial charge in [-0.05, 0) is 12.1 Å². The summed E-state index contributed by atoms with van der Waals surface area (Å²) in [6.45, 7) is 0. The zero-order valence-corrected chi connectivity index (χ0v) is 16.0. The van der Waals surface area contributed by atoms with E-state index >= 15 is 0 Å². The summed E-state index contributed by atoms with van der Waals surface area (Å²) in [5.41, 5.74) is -2.91. The summed E-state index contributed by atoms with van der Waals surface area (Å²) in [5, 5.41) is 13.3. The number of hydrogen-bond acceptors (Lipinski definition) is 6. The van der Waals surface area contributed by atoms with Crippen LogP contribution in [0.15, 0.2) is 64.8 Å². The number of hydrogen-bond donors (Lipinski definition) is 2. The Morgan fingerprint density at radius 2 is 1.77 bits per heavy atom. The van der Waals surface area contributed by atoms with Crippen molar-refractivity contribution in [2.24, 2.45) is 0 Å². The van der Waals surface area contributed by atoms with E-state index in [1.165, 1.54) is 12.1 Å². The van der Waals surface area contributed by atoms with Gasteiger partial charge in [0, 0.05) is 11.8 Å². The fourth-order valence-corrected chi connectivity index (χ4v) is 2.80. The lowest BCUT2D eigenvalue weighted by molar-refractivity contribution is -0.0896. The Morgan fingerprint density at radius 1 is 1.13 bits per heavy atom. The Balaban J connectivity index is 2.26. The molecule has 31 heavy (non-hydrogen) atoms. The quantitative estimate of drug-likeness (QED) is 0.313. The third kappa shape index (κ3) is 4.47. The van der Waals surface area contributed by atoms with Crippen LogP contribution in [0.3, 0.4) is 0 Å². The molecule has 0 aliphatic rings. The number of carbonyl (C=O) groups is 1. The van der Waals surface area contributed by atoms with Gasteiger partial charge in [-0.1, -0.05) is 47.6 Å². The topological polar surface area (TPSA) is 88.2 Å². The molecule has 1 heterocycles. The monoisotopic (exact) mass is 433 g/mol. The second kappa shape index (κ2) is 8.82. The van der Waals surface area contributed by atoms with Crippen LogP contribution < -0.4 is 5.32 Å². The summed E-state index contributed by atoms with van der Waals surface area (Å²) in [5.74, 6) is -2.59. The van der Waals surface area contributed by atoms with E-state index in [1.807, 2.05) is 5.32 Å². The second-order valence-corrected chi connectivity index (χ2v) is 6.13. The molecule has 3 rings (SSSR count). The van der Waals surface area contributed by atoms with Crippen molar-refractivity contribution < 1.29 is 31.6 Å². The molecule has 0 aliphatic carbocycles. The average molecular weight is 433 g/mol. The van der Waals surface area contributed by atoms with Crippen molar-refractivity contribution in [1.82, 2.24) is 5.16 Å². The van der Waals surface area contributed by atoms with E-state index in [1.54, 1.807) is 30.3 Å². The predicted octanol–water partition coefficient (Wildman–Crippen LogP) is 5.30. The Bertz CT molecular complexity index is 1140. The molecule has 1 aromatic heterocycles. The van der Waals surface area contributed by atoms with Crippen molar-refractivity contribution in [3.05, 3.63) is 77.4 Å². The molecule has 0 unspecified atom stereocenters. The van der Waals surface area contributed by atoms with Crippen LogP contribution in [0.1, 0.15) is 16.1 Å². The first-order valence-corrected chi connectivity index (χ1v) is 8.75. The number of carbonyl (C=O) groups excluding carboxylic acids is 1. The first-order chi connectivity index (χ1) is 14.8. The number of anilines is 1. The second-order valence-electron chi connectivity index (χ2n) is 6.13. The molecule has 0 atom stereocenters. The lowest BCUT2D eigenvalue weighted by Gasteiger charge is -2.17. The van der Waals surface area contributed by atoms with Gasteiger partial charge in [0.05, 0.1) is 18.4 Å². The number of halogens is 4. The van der Waals surface area contributed by atoms with E-state index in [9.17, 15) is 22.4 Å². The number of benzene rings is 2. The van der Waals surface area contributed by atoms with E-state index < -0.39 is 46.2 Å². The third-order valence-electron chi connectivity index (χ3n) is 4.20. The number of nitrogens with zero attached hydrogens (tertiary/aromatic N) is 1. The Morgan fingerprint density at radius 3 is 2.35 bits per heavy atom. The van der Waals surface area contributed by atoms with Gasteiger partial charge in [-0.25, -0.2) is 9.18 Å². The molecule has 2 N–H and O–H groups in total. The van der Waals surface area contributed by atoms with E-state index in [0.29, 0.717) is 11.8 Å². The van der Waals surface area contributed by atoms with Crippen LogP contribution in [0.25, 0.3) is 16.8 Å². The normalized spacial score (nSPS) is 12.2. The van der Waals surface area contributed by atoms with E-state index in [4.69, 9.17) is 14.7 Å². The van der Waals surface area contributed by atoms with Gasteiger partial charge < -0.3 is 20.0 Å². The zero-order chi connectivity index (χ0) is 22.6. The number of esters is 1. The van der Waals surface area contributed by atoms with Crippen LogP contribution in [0, 0.1) is 11.2 Å². The number of methoxy groups -OCH3 is 1. The summed E-state index contributed by atoms with van der Waals surface area (Å²) in [6.07, 6.45) is -4.71. The maximum absolute atomic E-state index is 14.0. The van der Waals surface area contributed by atoms with Gasteiger partial charge in [0.2, 0.25) is 0 Å². The SMILES string of the molecule is COC(=O)c1c(-c2ccccc2)noc1/C(C=N)=C(/Nc1ccccc1F)C(F)(F)F. The van der Waals surface area contributed by atoms with Gasteiger partial charge in [0.25, 0.3) is 0 Å². The van der Waals surface area contributed by atoms with Crippen LogP contribution in [-0.2, 0) is 4.74 Å². The van der Waals surface area contributed by atoms with E-state index in [-0.39, 0.29) is 5.69 Å². The summed E-state index contributed by atoms with van der Waals surface area (Å²) in [4.78, 5) is 12.4. The first kappa shape index (κ1) is 21.8. The van der Waals surface area contributed by atoms with E-state index in [2.05, 4.69) is 5.16 Å². The molecule has 2 aromatic carbocycles. The number of nitrogens with one attached hydrogen (secondary N) is 2. The molecule has 0 saturated heterocycles. The highest BCUT2D eigenvalue weighted by Crippen LogP contribution is 2.37. The Hall–Kier alpha value is -3.95. The van der Waals surface area contributed by atoms with Crippen molar-refractivity contribution in [1.29, 1.82) is 5.41 Å². The van der Waals surface area contributed by atoms with Crippen molar-refractivity contribution in [2.45, 2.75) is 6.18 Å². The van der Waals surface area contributed by atoms with Crippen LogP contribution in [0.2, 0.25) is 0 Å². The minimum Gasteiger partial charge on any atom is -0.465 e. The molecular formula is C21H15F4N3O3. The molecule has 160 valence electrons. The smallest absolute Gasteiger partial charge is 0.432 e. The van der Waals surface area contributed by atoms with Gasteiger partial charge in [-0.2, -0.15) is 13.2 Å². The van der Waals surface area contributed by atoms with Crippen molar-refractivity contribution in [3.8, 4) is 11.3 Å². The molecule has 10 heteroatoms. The first-order valence-electron chi connectivity index (χ1n) is 8.75. The summed E-state index contributed by atoms with van der Waals surface area (Å²) < 4.78 is 65.4. The summed E-state index contributed by atoms with van der Waals surface area (Å²) in [6, 6.07) is 12.8. The van der Waals surface area contributed by atoms with Crippen molar-refractivity contribution >= 4 is 23.4 Å². The number of ether oxygens (including phenoxy) is 1. The largest absolute Gasteiger partial charge is 0.465 e. The highest BCUT2D eigenvalue weighted by molar-refractivity contribution is 6.14. The van der Waals surface area contributed by atoms with Crippen molar-refractivity contribution in [3.63, 3.8) is 0 Å². The standard InChI is InChI=1S/C21H15F4N3O3/c1-30-20(29)16-17(12-7-3-2-4-8-12)28-31-18(16)13(11-26)19(21(23,24)25)27-15-10-6-5-9-14(15)22/h2-11,26-27H,1H3/b19-13+,26-11?. The maximum Gasteiger partial charge on any atom is 0.432 e. The van der Waals surface area contributed by atoms with Crippen molar-refractivity contribution in [2.75, 3.05) is 12.4 Å². The molecule has 0 spiro atoms. The summed E-state index contributed by atoms with van der Waals surface area (Å²) in [7, 11) is 1.05. The molecular weight excluding hydrogens is 418 g/mol. The third-order valence-corrected chi connectivity index (χ3v) is 4.20. The number of rotatable bonds is 6. The summed E-state index contributed by atoms with van der Waals surface area (Å²) >= 11 is 0. The minimum atomic E-state index is -5.05. The van der Waals surface area contributed by atoms with Gasteiger partial charge >= 0.3 is 12.1 Å². The molecule has 0 amide bonds. The highest BCUT2D eigenvalue weighted by Gasteiger charge is 2.40. The van der Waals surface area contributed by atoms with E-state index in [0.717, 1.165) is 19.2 Å². The Labute approximate surface area is 173 Å². The molecule has 0 fully saturated rings. The number of allylic oxidation sites excluding steroid dienone is 2. The fraction of sp³-hybridized carbons (Fsp3) is 0.0952. The highest BCUT2D eigenvalue weighted by atomic mass is 19.4. The zero-order valence-electron chi connectivity index (χ0n) is 16.0. The van der Waals surface area contributed by atoms with Gasteiger partial charge in [0.15, 0.2) is 5.76 Å². The minimum absolute atomic E-state index is 0.0609. The maximum atomic E-state index is 14.0. The van der Waals surface area contributed by atoms with Crippen LogP contribution in [0.4, 0.5) is 23.2 Å². The number of alkyl halides is 3. The van der Waals surface area contributed by atoms with Crippen LogP contribution in [0.5, 0.6) is 0 Å². The van der Waals surface area contributed by atoms with Crippen LogP contribution >= 0.6 is 0 Å². The predicted molar refractivity (Wildman–Crippen MR) is 105 cm³/mol. The molecule has 0 radical (unpaired) electrons. The lowest BCUT2D eigenvalue weighted by atomic mass is 10.0. The van der Waals surface area contributed by atoms with Gasteiger partial charge in [0.1, 0.15) is 22.8 Å².